The van der Waals surface area contributed by atoms with E-state index >= 15 is 0 Å². The molecule has 1 atom stereocenters. The molecule has 0 N–H and O–H groups in total. The minimum Gasteiger partial charge on any atom is -0.198 e. The molecule has 2 aromatic carbocycles. The molecule has 1 fully saturated rings. The first-order valence-electron chi connectivity index (χ1n) is 7.11. The zero-order chi connectivity index (χ0) is 13.8. The highest BCUT2D eigenvalue weighted by molar-refractivity contribution is 5.82. The van der Waals surface area contributed by atoms with Crippen molar-refractivity contribution in [1.82, 2.24) is 0 Å². The van der Waals surface area contributed by atoms with Crippen molar-refractivity contribution in [2.24, 2.45) is 5.92 Å². The van der Waals surface area contributed by atoms with Gasteiger partial charge in [0.1, 0.15) is 0 Å². The van der Waals surface area contributed by atoms with E-state index in [0.717, 1.165) is 19.3 Å². The Morgan fingerprint density at radius 3 is 1.90 bits per heavy atom. The number of benzene rings is 2. The van der Waals surface area contributed by atoms with Crippen LogP contribution in [0.2, 0.25) is 0 Å². The monoisotopic (exact) mass is 259 g/mol. The summed E-state index contributed by atoms with van der Waals surface area (Å²) in [6.07, 6.45) is 2.95. The van der Waals surface area contributed by atoms with Crippen LogP contribution in [-0.4, -0.2) is 0 Å². The molecule has 20 heavy (non-hydrogen) atoms. The average molecular weight is 259 g/mol. The Hall–Kier alpha value is -2.33. The fraction of sp³-hybridized carbons (Fsp3) is 0.211. The smallest absolute Gasteiger partial charge is 0.0659 e. The van der Waals surface area contributed by atoms with Gasteiger partial charge in [0.25, 0.3) is 0 Å². The molecule has 1 aliphatic rings. The largest absolute Gasteiger partial charge is 0.198 e. The summed E-state index contributed by atoms with van der Waals surface area (Å²) < 4.78 is 0. The van der Waals surface area contributed by atoms with E-state index in [0.29, 0.717) is 0 Å². The van der Waals surface area contributed by atoms with Crippen molar-refractivity contribution in [3.63, 3.8) is 0 Å². The van der Waals surface area contributed by atoms with Gasteiger partial charge in [-0.1, -0.05) is 66.2 Å². The quantitative estimate of drug-likeness (QED) is 0.759. The van der Waals surface area contributed by atoms with Gasteiger partial charge in [0.05, 0.1) is 12.0 Å². The summed E-state index contributed by atoms with van der Waals surface area (Å²) in [7, 11) is 0. The highest BCUT2D eigenvalue weighted by Crippen LogP contribution is 2.38. The van der Waals surface area contributed by atoms with Crippen LogP contribution < -0.4 is 0 Å². The van der Waals surface area contributed by atoms with E-state index in [1.165, 1.54) is 22.3 Å². The fourth-order valence-electron chi connectivity index (χ4n) is 2.97. The summed E-state index contributed by atoms with van der Waals surface area (Å²) in [5, 5.41) is 9.13. The van der Waals surface area contributed by atoms with Gasteiger partial charge in [-0.25, -0.2) is 0 Å². The summed E-state index contributed by atoms with van der Waals surface area (Å²) in [5.41, 5.74) is 5.26. The molecule has 98 valence electrons. The normalized spacial score (nSPS) is 17.8. The molecule has 0 amide bonds. The molecule has 2 aromatic rings. The van der Waals surface area contributed by atoms with E-state index in [-0.39, 0.29) is 5.92 Å². The van der Waals surface area contributed by atoms with Gasteiger partial charge >= 0.3 is 0 Å². The van der Waals surface area contributed by atoms with E-state index in [1.54, 1.807) is 0 Å². The molecule has 0 aromatic heterocycles. The van der Waals surface area contributed by atoms with Crippen LogP contribution in [0.1, 0.15) is 30.4 Å². The standard InChI is InChI=1S/C19H17N/c20-14-15-11-12-18(13-15)19(16-7-3-1-4-8-16)17-9-5-2-6-10-17/h1-10,15H,11-13H2. The molecule has 1 aliphatic carbocycles. The molecule has 1 nitrogen and oxygen atoms in total. The zero-order valence-corrected chi connectivity index (χ0v) is 11.4. The summed E-state index contributed by atoms with van der Waals surface area (Å²) in [6, 6.07) is 23.5. The highest BCUT2D eigenvalue weighted by Gasteiger charge is 2.22. The number of nitriles is 1. The number of hydrogen-bond donors (Lipinski definition) is 0. The Morgan fingerprint density at radius 1 is 0.900 bits per heavy atom. The van der Waals surface area contributed by atoms with Crippen LogP contribution in [0.3, 0.4) is 0 Å². The molecule has 0 heterocycles. The average Bonchev–Trinajstić information content (AvgIpc) is 2.98. The van der Waals surface area contributed by atoms with Crippen molar-refractivity contribution in [2.75, 3.05) is 0 Å². The Balaban J connectivity index is 2.11. The number of nitrogens with zero attached hydrogens (tertiary/aromatic N) is 1. The van der Waals surface area contributed by atoms with Gasteiger partial charge in [-0.3, -0.25) is 0 Å². The third kappa shape index (κ3) is 2.51. The second-order valence-electron chi connectivity index (χ2n) is 5.28. The van der Waals surface area contributed by atoms with Crippen molar-refractivity contribution in [3.8, 4) is 6.07 Å². The van der Waals surface area contributed by atoms with Crippen LogP contribution in [0.4, 0.5) is 0 Å². The lowest BCUT2D eigenvalue weighted by Crippen LogP contribution is -1.93. The fourth-order valence-corrected chi connectivity index (χ4v) is 2.97. The summed E-state index contributed by atoms with van der Waals surface area (Å²) >= 11 is 0. The van der Waals surface area contributed by atoms with E-state index < -0.39 is 0 Å². The second-order valence-corrected chi connectivity index (χ2v) is 5.28. The Bertz CT molecular complexity index is 606. The number of allylic oxidation sites excluding steroid dienone is 1. The molecule has 0 saturated heterocycles. The summed E-state index contributed by atoms with van der Waals surface area (Å²) in [5.74, 6) is 0.187. The molecule has 0 aliphatic heterocycles. The van der Waals surface area contributed by atoms with Crippen molar-refractivity contribution >= 4 is 5.57 Å². The van der Waals surface area contributed by atoms with E-state index in [2.05, 4.69) is 54.6 Å². The molecule has 3 rings (SSSR count). The number of hydrogen-bond acceptors (Lipinski definition) is 1. The van der Waals surface area contributed by atoms with Gasteiger partial charge in [0, 0.05) is 0 Å². The second kappa shape index (κ2) is 5.75. The van der Waals surface area contributed by atoms with Gasteiger partial charge in [0.15, 0.2) is 0 Å². The van der Waals surface area contributed by atoms with E-state index in [9.17, 15) is 0 Å². The predicted octanol–water partition coefficient (Wildman–Crippen LogP) is 4.81. The maximum absolute atomic E-state index is 9.13. The number of rotatable bonds is 2. The van der Waals surface area contributed by atoms with Crippen LogP contribution in [0.15, 0.2) is 66.2 Å². The van der Waals surface area contributed by atoms with E-state index in [1.807, 2.05) is 12.1 Å². The minimum atomic E-state index is 0.187. The molecule has 0 radical (unpaired) electrons. The topological polar surface area (TPSA) is 23.8 Å². The lowest BCUT2D eigenvalue weighted by Gasteiger charge is -2.12. The van der Waals surface area contributed by atoms with Crippen molar-refractivity contribution in [3.05, 3.63) is 77.4 Å². The lowest BCUT2D eigenvalue weighted by atomic mass is 9.92. The minimum absolute atomic E-state index is 0.187. The first-order chi connectivity index (χ1) is 9.88. The molecular formula is C19H17N. The third-order valence-corrected chi connectivity index (χ3v) is 3.95. The SMILES string of the molecule is N#CC1CCC(=C(c2ccccc2)c2ccccc2)C1. The lowest BCUT2D eigenvalue weighted by molar-refractivity contribution is 0.709. The van der Waals surface area contributed by atoms with Gasteiger partial charge in [-0.2, -0.15) is 5.26 Å². The third-order valence-electron chi connectivity index (χ3n) is 3.95. The Kier molecular flexibility index (Phi) is 3.65. The Labute approximate surface area is 120 Å². The maximum Gasteiger partial charge on any atom is 0.0659 e. The van der Waals surface area contributed by atoms with Crippen LogP contribution in [0.5, 0.6) is 0 Å². The van der Waals surface area contributed by atoms with E-state index in [4.69, 9.17) is 5.26 Å². The van der Waals surface area contributed by atoms with Gasteiger partial charge in [0.2, 0.25) is 0 Å². The molecular weight excluding hydrogens is 242 g/mol. The Morgan fingerprint density at radius 2 is 1.45 bits per heavy atom. The van der Waals surface area contributed by atoms with Crippen LogP contribution in [-0.2, 0) is 0 Å². The molecule has 1 unspecified atom stereocenters. The van der Waals surface area contributed by atoms with Gasteiger partial charge < -0.3 is 0 Å². The van der Waals surface area contributed by atoms with Crippen LogP contribution in [0, 0.1) is 17.2 Å². The predicted molar refractivity (Wildman–Crippen MR) is 81.9 cm³/mol. The molecule has 1 heteroatoms. The first kappa shape index (κ1) is 12.7. The van der Waals surface area contributed by atoms with Crippen LogP contribution in [0.25, 0.3) is 5.57 Å². The molecule has 0 spiro atoms. The molecule has 1 saturated carbocycles. The summed E-state index contributed by atoms with van der Waals surface area (Å²) in [4.78, 5) is 0. The maximum atomic E-state index is 9.13. The first-order valence-corrected chi connectivity index (χ1v) is 7.11. The van der Waals surface area contributed by atoms with Crippen molar-refractivity contribution in [1.29, 1.82) is 5.26 Å². The van der Waals surface area contributed by atoms with Gasteiger partial charge in [-0.05, 0) is 36.0 Å². The molecule has 0 bridgehead atoms. The highest BCUT2D eigenvalue weighted by atomic mass is 14.3. The van der Waals surface area contributed by atoms with Crippen LogP contribution >= 0.6 is 0 Å². The van der Waals surface area contributed by atoms with Crippen molar-refractivity contribution in [2.45, 2.75) is 19.3 Å². The summed E-state index contributed by atoms with van der Waals surface area (Å²) in [6.45, 7) is 0. The zero-order valence-electron chi connectivity index (χ0n) is 11.4. The van der Waals surface area contributed by atoms with Gasteiger partial charge in [-0.15, -0.1) is 0 Å². The van der Waals surface area contributed by atoms with Crippen molar-refractivity contribution < 1.29 is 0 Å².